The average Bonchev–Trinajstić information content (AvgIpc) is 2.83. The first-order valence-electron chi connectivity index (χ1n) is 11.5. The number of piperazine rings is 1. The molecule has 1 saturated heterocycles. The van der Waals surface area contributed by atoms with Gasteiger partial charge in [-0.1, -0.05) is 17.7 Å². The number of ether oxygens (including phenoxy) is 1. The van der Waals surface area contributed by atoms with Crippen LogP contribution < -0.4 is 27.0 Å². The van der Waals surface area contributed by atoms with Gasteiger partial charge in [0.15, 0.2) is 6.19 Å². The van der Waals surface area contributed by atoms with E-state index in [0.29, 0.717) is 42.3 Å². The van der Waals surface area contributed by atoms with E-state index in [0.717, 1.165) is 5.69 Å². The van der Waals surface area contributed by atoms with Crippen LogP contribution in [0.25, 0.3) is 0 Å². The van der Waals surface area contributed by atoms with E-state index in [-0.39, 0.29) is 34.9 Å². The minimum atomic E-state index is -0.738. The second-order valence-electron chi connectivity index (χ2n) is 9.56. The first-order chi connectivity index (χ1) is 17.5. The lowest BCUT2D eigenvalue weighted by molar-refractivity contribution is 0.0240. The van der Waals surface area contributed by atoms with Crippen molar-refractivity contribution in [3.63, 3.8) is 0 Å². The van der Waals surface area contributed by atoms with E-state index in [1.165, 1.54) is 0 Å². The molecule has 0 radical (unpaired) electrons. The molecule has 1 amide bonds. The number of guanidine groups is 1. The summed E-state index contributed by atoms with van der Waals surface area (Å²) in [6.45, 7) is 7.79. The number of fused-ring (bicyclic) bond motifs is 1. The maximum absolute atomic E-state index is 12.4. The number of benzene rings is 1. The standard InChI is InChI=1S/C24H27ClN10O2/c1-24(2,3)37-23(36)35-8-6-34(7-9-35)13-4-5-14(16(25)10-13)19-17-18(28)15(11-26)20(29)32-21(17)33-22(31-19)30-12-27/h4-5,10,19H,6-9H2,1-3H3,(H6,28,29,30,31,32,33). The molecule has 0 aliphatic carbocycles. The second kappa shape index (κ2) is 9.91. The van der Waals surface area contributed by atoms with Gasteiger partial charge >= 0.3 is 6.09 Å². The van der Waals surface area contributed by atoms with Crippen molar-refractivity contribution in [1.29, 1.82) is 10.5 Å². The molecule has 1 atom stereocenters. The highest BCUT2D eigenvalue weighted by Crippen LogP contribution is 2.43. The Hall–Kier alpha value is -4.42. The molecule has 192 valence electrons. The van der Waals surface area contributed by atoms with E-state index in [9.17, 15) is 10.1 Å². The normalized spacial score (nSPS) is 17.0. The van der Waals surface area contributed by atoms with Crippen LogP contribution >= 0.6 is 11.6 Å². The zero-order chi connectivity index (χ0) is 26.9. The van der Waals surface area contributed by atoms with Gasteiger partial charge in [-0.3, -0.25) is 5.32 Å². The first-order valence-corrected chi connectivity index (χ1v) is 11.9. The fraction of sp³-hybridized carbons (Fsp3) is 0.375. The number of aliphatic imine (C=N–C) groups is 1. The van der Waals surface area contributed by atoms with Gasteiger partial charge in [0, 0.05) is 48.0 Å². The third kappa shape index (κ3) is 5.25. The van der Waals surface area contributed by atoms with Crippen LogP contribution in [0.2, 0.25) is 5.02 Å². The van der Waals surface area contributed by atoms with Gasteiger partial charge in [-0.15, -0.1) is 0 Å². The van der Waals surface area contributed by atoms with Crippen molar-refractivity contribution in [2.45, 2.75) is 32.4 Å². The van der Waals surface area contributed by atoms with Gasteiger partial charge in [0.2, 0.25) is 5.96 Å². The minimum Gasteiger partial charge on any atom is -0.444 e. The summed E-state index contributed by atoms with van der Waals surface area (Å²) in [5.41, 5.74) is 13.8. The molecule has 12 nitrogen and oxygen atoms in total. The van der Waals surface area contributed by atoms with Crippen LogP contribution in [-0.2, 0) is 4.74 Å². The van der Waals surface area contributed by atoms with E-state index >= 15 is 0 Å². The number of hydrogen-bond acceptors (Lipinski definition) is 11. The summed E-state index contributed by atoms with van der Waals surface area (Å²) >= 11 is 6.75. The number of aromatic nitrogens is 1. The van der Waals surface area contributed by atoms with Crippen LogP contribution in [0.15, 0.2) is 23.2 Å². The van der Waals surface area contributed by atoms with E-state index < -0.39 is 11.6 Å². The van der Waals surface area contributed by atoms with Crippen LogP contribution in [0.4, 0.5) is 27.8 Å². The molecule has 6 N–H and O–H groups in total. The number of hydrogen-bond donors (Lipinski definition) is 4. The number of carbonyl (C=O) groups excluding carboxylic acids is 1. The molecule has 1 aromatic carbocycles. The van der Waals surface area contributed by atoms with Crippen molar-refractivity contribution in [2.75, 3.05) is 47.9 Å². The van der Waals surface area contributed by atoms with Crippen molar-refractivity contribution in [3.05, 3.63) is 39.9 Å². The molecular formula is C24H27ClN10O2. The van der Waals surface area contributed by atoms with Crippen LogP contribution in [0, 0.1) is 22.8 Å². The van der Waals surface area contributed by atoms with Crippen molar-refractivity contribution in [2.24, 2.45) is 4.99 Å². The molecule has 2 aliphatic heterocycles. The maximum atomic E-state index is 12.4. The summed E-state index contributed by atoms with van der Waals surface area (Å²) in [6.07, 6.45) is 1.49. The summed E-state index contributed by atoms with van der Waals surface area (Å²) in [5, 5.41) is 24.4. The third-order valence-corrected chi connectivity index (χ3v) is 6.26. The molecule has 2 aromatic rings. The zero-order valence-electron chi connectivity index (χ0n) is 20.7. The Morgan fingerprint density at radius 2 is 1.95 bits per heavy atom. The Labute approximate surface area is 219 Å². The Morgan fingerprint density at radius 3 is 2.54 bits per heavy atom. The Morgan fingerprint density at radius 1 is 1.24 bits per heavy atom. The van der Waals surface area contributed by atoms with Crippen LogP contribution in [0.5, 0.6) is 0 Å². The van der Waals surface area contributed by atoms with Gasteiger partial charge in [-0.25, -0.2) is 14.8 Å². The lowest BCUT2D eigenvalue weighted by atomic mass is 9.95. The van der Waals surface area contributed by atoms with Crippen LogP contribution in [0.3, 0.4) is 0 Å². The molecule has 1 unspecified atom stereocenters. The van der Waals surface area contributed by atoms with Gasteiger partial charge in [-0.2, -0.15) is 10.5 Å². The number of rotatable bonds is 2. The lowest BCUT2D eigenvalue weighted by Crippen LogP contribution is -2.50. The summed E-state index contributed by atoms with van der Waals surface area (Å²) in [7, 11) is 0. The number of pyridine rings is 1. The number of nitrogen functional groups attached to an aromatic ring is 2. The highest BCUT2D eigenvalue weighted by molar-refractivity contribution is 6.31. The van der Waals surface area contributed by atoms with Gasteiger partial charge in [0.25, 0.3) is 0 Å². The Balaban J connectivity index is 1.61. The molecule has 13 heteroatoms. The number of anilines is 4. The molecule has 37 heavy (non-hydrogen) atoms. The van der Waals surface area contributed by atoms with Crippen LogP contribution in [0.1, 0.15) is 43.5 Å². The summed E-state index contributed by atoms with van der Waals surface area (Å²) in [4.78, 5) is 25.0. The van der Waals surface area contributed by atoms with Gasteiger partial charge in [-0.05, 0) is 32.9 Å². The first kappa shape index (κ1) is 25.7. The molecule has 2 aliphatic rings. The molecule has 1 fully saturated rings. The number of amides is 1. The number of nitrogens with two attached hydrogens (primary N) is 2. The quantitative estimate of drug-likeness (QED) is 0.338. The monoisotopic (exact) mass is 522 g/mol. The fourth-order valence-electron chi connectivity index (χ4n) is 4.21. The van der Waals surface area contributed by atoms with Gasteiger partial charge in [0.05, 0.1) is 5.69 Å². The Kier molecular flexibility index (Phi) is 6.88. The summed E-state index contributed by atoms with van der Waals surface area (Å²) in [6, 6.07) is 6.80. The van der Waals surface area contributed by atoms with E-state index in [1.807, 2.05) is 51.2 Å². The van der Waals surface area contributed by atoms with Crippen molar-refractivity contribution in [1.82, 2.24) is 15.2 Å². The number of nitrogens with zero attached hydrogens (tertiary/aromatic N) is 6. The number of nitriles is 2. The molecule has 4 rings (SSSR count). The predicted molar refractivity (Wildman–Crippen MR) is 141 cm³/mol. The SMILES string of the molecule is CC(C)(C)OC(=O)N1CCN(c2ccc(C3N=C(NC#N)Nc4nc(N)c(C#N)c(N)c43)c(Cl)c2)CC1. The lowest BCUT2D eigenvalue weighted by Gasteiger charge is -2.37. The predicted octanol–water partition coefficient (Wildman–Crippen LogP) is 2.77. The van der Waals surface area contributed by atoms with Crippen LogP contribution in [-0.4, -0.2) is 53.7 Å². The summed E-state index contributed by atoms with van der Waals surface area (Å²) < 4.78 is 5.47. The molecular weight excluding hydrogens is 496 g/mol. The number of halogens is 1. The highest BCUT2D eigenvalue weighted by atomic mass is 35.5. The molecule has 0 bridgehead atoms. The Bertz CT molecular complexity index is 1350. The molecule has 0 spiro atoms. The van der Waals surface area contributed by atoms with E-state index in [2.05, 4.69) is 25.5 Å². The molecule has 1 aromatic heterocycles. The number of nitrogens with one attached hydrogen (secondary N) is 2. The topological polar surface area (TPSA) is 182 Å². The molecule has 3 heterocycles. The van der Waals surface area contributed by atoms with Gasteiger partial charge < -0.3 is 31.3 Å². The fourth-order valence-corrected chi connectivity index (χ4v) is 4.49. The maximum Gasteiger partial charge on any atom is 0.410 e. The van der Waals surface area contributed by atoms with E-state index in [4.69, 9.17) is 33.1 Å². The second-order valence-corrected chi connectivity index (χ2v) is 9.97. The average molecular weight is 523 g/mol. The zero-order valence-corrected chi connectivity index (χ0v) is 21.4. The minimum absolute atomic E-state index is 0.0322. The van der Waals surface area contributed by atoms with Gasteiger partial charge in [0.1, 0.15) is 34.9 Å². The number of carbonyl (C=O) groups is 1. The highest BCUT2D eigenvalue weighted by Gasteiger charge is 2.31. The van der Waals surface area contributed by atoms with Crippen molar-refractivity contribution in [3.8, 4) is 12.3 Å². The van der Waals surface area contributed by atoms with Crippen molar-refractivity contribution >= 4 is 46.7 Å². The smallest absolute Gasteiger partial charge is 0.410 e. The van der Waals surface area contributed by atoms with Crippen molar-refractivity contribution < 1.29 is 9.53 Å². The molecule has 0 saturated carbocycles. The van der Waals surface area contributed by atoms with E-state index in [1.54, 1.807) is 4.90 Å². The summed E-state index contributed by atoms with van der Waals surface area (Å²) in [5.74, 6) is 0.398. The third-order valence-electron chi connectivity index (χ3n) is 5.93. The largest absolute Gasteiger partial charge is 0.444 e.